The molecule has 1 rings (SSSR count). The maximum Gasteiger partial charge on any atom is 0.142 e. The SMILES string of the molecule is CCCCOc1cnccc1CNCCC. The molecule has 0 aromatic carbocycles. The Balaban J connectivity index is 2.46. The Kier molecular flexibility index (Phi) is 6.58. The van der Waals surface area contributed by atoms with Gasteiger partial charge in [0.05, 0.1) is 12.8 Å². The van der Waals surface area contributed by atoms with Gasteiger partial charge in [-0.05, 0) is 25.5 Å². The molecule has 1 N–H and O–H groups in total. The highest BCUT2D eigenvalue weighted by Crippen LogP contribution is 2.16. The van der Waals surface area contributed by atoms with Crippen LogP contribution < -0.4 is 10.1 Å². The van der Waals surface area contributed by atoms with E-state index < -0.39 is 0 Å². The first kappa shape index (κ1) is 13.0. The molecule has 3 nitrogen and oxygen atoms in total. The quantitative estimate of drug-likeness (QED) is 0.687. The van der Waals surface area contributed by atoms with E-state index in [0.717, 1.165) is 44.7 Å². The van der Waals surface area contributed by atoms with Crippen LogP contribution in [0.5, 0.6) is 5.75 Å². The molecule has 0 unspecified atom stereocenters. The summed E-state index contributed by atoms with van der Waals surface area (Å²) in [6.07, 6.45) is 7.02. The summed E-state index contributed by atoms with van der Waals surface area (Å²) in [5.41, 5.74) is 1.19. The zero-order valence-corrected chi connectivity index (χ0v) is 10.3. The number of pyridine rings is 1. The van der Waals surface area contributed by atoms with Crippen molar-refractivity contribution in [1.82, 2.24) is 10.3 Å². The molecule has 0 aliphatic heterocycles. The van der Waals surface area contributed by atoms with Crippen LogP contribution in [-0.2, 0) is 6.54 Å². The molecular weight excluding hydrogens is 200 g/mol. The molecule has 0 aliphatic rings. The first-order valence-corrected chi connectivity index (χ1v) is 6.14. The fourth-order valence-corrected chi connectivity index (χ4v) is 1.41. The van der Waals surface area contributed by atoms with Gasteiger partial charge in [0.25, 0.3) is 0 Å². The molecule has 0 saturated carbocycles. The molecule has 0 aliphatic carbocycles. The van der Waals surface area contributed by atoms with Gasteiger partial charge in [-0.25, -0.2) is 0 Å². The van der Waals surface area contributed by atoms with Gasteiger partial charge in [0.1, 0.15) is 5.75 Å². The number of nitrogens with one attached hydrogen (secondary N) is 1. The highest BCUT2D eigenvalue weighted by molar-refractivity contribution is 5.29. The van der Waals surface area contributed by atoms with E-state index in [2.05, 4.69) is 24.1 Å². The number of hydrogen-bond acceptors (Lipinski definition) is 3. The van der Waals surface area contributed by atoms with Gasteiger partial charge >= 0.3 is 0 Å². The van der Waals surface area contributed by atoms with E-state index in [1.807, 2.05) is 12.3 Å². The summed E-state index contributed by atoms with van der Waals surface area (Å²) >= 11 is 0. The Morgan fingerprint density at radius 3 is 2.94 bits per heavy atom. The average Bonchev–Trinajstić information content (AvgIpc) is 2.32. The molecule has 1 aromatic rings. The van der Waals surface area contributed by atoms with Gasteiger partial charge in [-0.2, -0.15) is 0 Å². The van der Waals surface area contributed by atoms with E-state index >= 15 is 0 Å². The highest BCUT2D eigenvalue weighted by Gasteiger charge is 2.02. The minimum Gasteiger partial charge on any atom is -0.492 e. The predicted octanol–water partition coefficient (Wildman–Crippen LogP) is 2.76. The monoisotopic (exact) mass is 222 g/mol. The van der Waals surface area contributed by atoms with Gasteiger partial charge in [-0.15, -0.1) is 0 Å². The maximum atomic E-state index is 5.71. The third-order valence-corrected chi connectivity index (χ3v) is 2.37. The van der Waals surface area contributed by atoms with Crippen molar-refractivity contribution in [3.63, 3.8) is 0 Å². The summed E-state index contributed by atoms with van der Waals surface area (Å²) < 4.78 is 5.71. The third kappa shape index (κ3) is 4.62. The molecule has 0 fully saturated rings. The number of hydrogen-bond donors (Lipinski definition) is 1. The predicted molar refractivity (Wildman–Crippen MR) is 66.6 cm³/mol. The van der Waals surface area contributed by atoms with Crippen molar-refractivity contribution in [3.05, 3.63) is 24.0 Å². The molecule has 90 valence electrons. The minimum atomic E-state index is 0.781. The van der Waals surface area contributed by atoms with Crippen LogP contribution in [0.1, 0.15) is 38.7 Å². The summed E-state index contributed by atoms with van der Waals surface area (Å²) in [7, 11) is 0. The lowest BCUT2D eigenvalue weighted by atomic mass is 10.2. The molecule has 0 atom stereocenters. The van der Waals surface area contributed by atoms with Gasteiger partial charge in [-0.3, -0.25) is 4.98 Å². The maximum absolute atomic E-state index is 5.71. The second-order valence-electron chi connectivity index (χ2n) is 3.86. The van der Waals surface area contributed by atoms with Crippen molar-refractivity contribution in [2.24, 2.45) is 0 Å². The Bertz CT molecular complexity index is 260. The smallest absolute Gasteiger partial charge is 0.142 e. The van der Waals surface area contributed by atoms with E-state index in [-0.39, 0.29) is 0 Å². The van der Waals surface area contributed by atoms with Crippen LogP contribution in [0.4, 0.5) is 0 Å². The van der Waals surface area contributed by atoms with Crippen LogP contribution in [0.15, 0.2) is 18.5 Å². The normalized spacial score (nSPS) is 10.4. The second kappa shape index (κ2) is 8.11. The number of nitrogens with zero attached hydrogens (tertiary/aromatic N) is 1. The highest BCUT2D eigenvalue weighted by atomic mass is 16.5. The molecule has 1 heterocycles. The van der Waals surface area contributed by atoms with E-state index in [9.17, 15) is 0 Å². The molecule has 16 heavy (non-hydrogen) atoms. The van der Waals surface area contributed by atoms with Gasteiger partial charge in [0.2, 0.25) is 0 Å². The summed E-state index contributed by atoms with van der Waals surface area (Å²) in [4.78, 5) is 4.10. The summed E-state index contributed by atoms with van der Waals surface area (Å²) in [6.45, 7) is 7.01. The van der Waals surface area contributed by atoms with E-state index in [1.54, 1.807) is 6.20 Å². The lowest BCUT2D eigenvalue weighted by Crippen LogP contribution is -2.15. The Morgan fingerprint density at radius 1 is 1.31 bits per heavy atom. The largest absolute Gasteiger partial charge is 0.492 e. The van der Waals surface area contributed by atoms with Crippen molar-refractivity contribution < 1.29 is 4.74 Å². The lowest BCUT2D eigenvalue weighted by molar-refractivity contribution is 0.304. The summed E-state index contributed by atoms with van der Waals surface area (Å²) in [5, 5.41) is 3.37. The first-order chi connectivity index (χ1) is 7.88. The standard InChI is InChI=1S/C13H22N2O/c1-3-5-9-16-13-11-15-8-6-12(13)10-14-7-4-2/h6,8,11,14H,3-5,7,9-10H2,1-2H3. The van der Waals surface area contributed by atoms with Gasteiger partial charge in [0.15, 0.2) is 0 Å². The Hall–Kier alpha value is -1.09. The van der Waals surface area contributed by atoms with Crippen LogP contribution >= 0.6 is 0 Å². The fraction of sp³-hybridized carbons (Fsp3) is 0.615. The molecule has 0 saturated heterocycles. The second-order valence-corrected chi connectivity index (χ2v) is 3.86. The number of rotatable bonds is 8. The first-order valence-electron chi connectivity index (χ1n) is 6.14. The Labute approximate surface area is 98.2 Å². The summed E-state index contributed by atoms with van der Waals surface area (Å²) in [6, 6.07) is 2.02. The van der Waals surface area contributed by atoms with Crippen LogP contribution in [0.2, 0.25) is 0 Å². The van der Waals surface area contributed by atoms with Crippen molar-refractivity contribution in [3.8, 4) is 5.75 Å². The van der Waals surface area contributed by atoms with Crippen LogP contribution in [0.3, 0.4) is 0 Å². The van der Waals surface area contributed by atoms with Gasteiger partial charge in [-0.1, -0.05) is 20.3 Å². The fourth-order valence-electron chi connectivity index (χ4n) is 1.41. The number of unbranched alkanes of at least 4 members (excludes halogenated alkanes) is 1. The van der Waals surface area contributed by atoms with Crippen molar-refractivity contribution >= 4 is 0 Å². The number of ether oxygens (including phenoxy) is 1. The lowest BCUT2D eigenvalue weighted by Gasteiger charge is -2.10. The van der Waals surface area contributed by atoms with Gasteiger partial charge in [0, 0.05) is 18.3 Å². The molecule has 3 heteroatoms. The molecular formula is C13H22N2O. The molecule has 0 amide bonds. The molecule has 0 radical (unpaired) electrons. The van der Waals surface area contributed by atoms with Crippen molar-refractivity contribution in [2.45, 2.75) is 39.7 Å². The Morgan fingerprint density at radius 2 is 2.19 bits per heavy atom. The molecule has 0 spiro atoms. The van der Waals surface area contributed by atoms with Crippen LogP contribution in [-0.4, -0.2) is 18.1 Å². The van der Waals surface area contributed by atoms with Crippen LogP contribution in [0, 0.1) is 0 Å². The number of aromatic nitrogens is 1. The minimum absolute atomic E-state index is 0.781. The zero-order valence-electron chi connectivity index (χ0n) is 10.3. The van der Waals surface area contributed by atoms with E-state index in [1.165, 1.54) is 5.56 Å². The van der Waals surface area contributed by atoms with Crippen molar-refractivity contribution in [2.75, 3.05) is 13.2 Å². The van der Waals surface area contributed by atoms with Crippen molar-refractivity contribution in [1.29, 1.82) is 0 Å². The molecule has 1 aromatic heterocycles. The van der Waals surface area contributed by atoms with E-state index in [4.69, 9.17) is 4.74 Å². The summed E-state index contributed by atoms with van der Waals surface area (Å²) in [5.74, 6) is 0.916. The average molecular weight is 222 g/mol. The van der Waals surface area contributed by atoms with E-state index in [0.29, 0.717) is 0 Å². The zero-order chi connectivity index (χ0) is 11.6. The third-order valence-electron chi connectivity index (χ3n) is 2.37. The van der Waals surface area contributed by atoms with Crippen LogP contribution in [0.25, 0.3) is 0 Å². The molecule has 0 bridgehead atoms. The van der Waals surface area contributed by atoms with Gasteiger partial charge < -0.3 is 10.1 Å². The topological polar surface area (TPSA) is 34.1 Å².